The van der Waals surface area contributed by atoms with Gasteiger partial charge >= 0.3 is 0 Å². The minimum Gasteiger partial charge on any atom is -0.391 e. The summed E-state index contributed by atoms with van der Waals surface area (Å²) in [6.07, 6.45) is 2.44. The van der Waals surface area contributed by atoms with Crippen LogP contribution in [0.25, 0.3) is 10.4 Å². The van der Waals surface area contributed by atoms with E-state index in [9.17, 15) is 23.1 Å². The molecule has 1 unspecified atom stereocenters. The number of sulfonamides is 1. The number of carbonyl (C=O) groups is 2. The molecule has 4 atom stereocenters. The molecule has 1 aromatic heterocycles. The molecule has 36 heavy (non-hydrogen) atoms. The van der Waals surface area contributed by atoms with Crippen LogP contribution in [0.5, 0.6) is 0 Å². The molecule has 4 heterocycles. The van der Waals surface area contributed by atoms with Gasteiger partial charge in [-0.25, -0.2) is 13.4 Å². The maximum Gasteiger partial charge on any atom is 0.254 e. The van der Waals surface area contributed by atoms with Gasteiger partial charge in [-0.1, -0.05) is 30.7 Å². The molecule has 0 spiro atoms. The Labute approximate surface area is 214 Å². The van der Waals surface area contributed by atoms with Crippen LogP contribution in [-0.4, -0.2) is 82.9 Å². The number of aliphatic hydroxyl groups excluding tert-OH is 1. The average Bonchev–Trinajstić information content (AvgIpc) is 3.56. The van der Waals surface area contributed by atoms with Gasteiger partial charge in [-0.2, -0.15) is 4.31 Å². The van der Waals surface area contributed by atoms with Gasteiger partial charge in [0.15, 0.2) is 6.04 Å². The molecule has 0 radical (unpaired) electrons. The number of carbonyl (C=O) groups excluding carboxylic acids is 2. The zero-order valence-corrected chi connectivity index (χ0v) is 21.8. The summed E-state index contributed by atoms with van der Waals surface area (Å²) in [7, 11) is -3.56. The van der Waals surface area contributed by atoms with E-state index in [0.29, 0.717) is 25.2 Å². The predicted octanol–water partition coefficient (Wildman–Crippen LogP) is 1.46. The van der Waals surface area contributed by atoms with Gasteiger partial charge in [0.2, 0.25) is 15.9 Å². The van der Waals surface area contributed by atoms with Gasteiger partial charge in [-0.15, -0.1) is 11.3 Å². The highest BCUT2D eigenvalue weighted by Gasteiger charge is 2.45. The minimum atomic E-state index is -3.56. The largest absolute Gasteiger partial charge is 0.391 e. The summed E-state index contributed by atoms with van der Waals surface area (Å²) >= 11 is 1.55. The van der Waals surface area contributed by atoms with Crippen molar-refractivity contribution in [2.24, 2.45) is 4.99 Å². The number of rotatable bonds is 5. The summed E-state index contributed by atoms with van der Waals surface area (Å²) in [5.74, 6) is -0.318. The van der Waals surface area contributed by atoms with Crippen molar-refractivity contribution in [3.05, 3.63) is 41.0 Å². The number of aryl methyl sites for hydroxylation is 1. The number of nitrogens with zero attached hydrogens (tertiary/aromatic N) is 4. The first kappa shape index (κ1) is 25.0. The number of aliphatic imine (C=N–C) groups is 1. The topological polar surface area (TPSA) is 132 Å². The molecule has 5 rings (SSSR count). The Kier molecular flexibility index (Phi) is 6.70. The molecule has 0 aliphatic carbocycles. The zero-order chi connectivity index (χ0) is 25.6. The van der Waals surface area contributed by atoms with Crippen molar-refractivity contribution in [3.8, 4) is 10.4 Å². The summed E-state index contributed by atoms with van der Waals surface area (Å²) < 4.78 is 25.9. The summed E-state index contributed by atoms with van der Waals surface area (Å²) in [5.41, 5.74) is 4.48. The van der Waals surface area contributed by atoms with Gasteiger partial charge < -0.3 is 15.3 Å². The van der Waals surface area contributed by atoms with E-state index in [-0.39, 0.29) is 24.8 Å². The van der Waals surface area contributed by atoms with Gasteiger partial charge in [-0.05, 0) is 30.9 Å². The number of benzene rings is 1. The Morgan fingerprint density at radius 1 is 1.22 bits per heavy atom. The smallest absolute Gasteiger partial charge is 0.254 e. The molecule has 12 heteroatoms. The van der Waals surface area contributed by atoms with E-state index in [1.165, 1.54) is 9.21 Å². The van der Waals surface area contributed by atoms with E-state index in [1.807, 2.05) is 31.2 Å². The predicted molar refractivity (Wildman–Crippen MR) is 136 cm³/mol. The third-order valence-corrected chi connectivity index (χ3v) is 9.31. The Morgan fingerprint density at radius 3 is 2.64 bits per heavy atom. The Bertz CT molecular complexity index is 1310. The molecule has 2 aromatic rings. The second-order valence-electron chi connectivity index (χ2n) is 9.58. The molecule has 192 valence electrons. The van der Waals surface area contributed by atoms with Crippen LogP contribution in [-0.2, 0) is 19.6 Å². The monoisotopic (exact) mass is 531 g/mol. The Balaban J connectivity index is 1.38. The molecule has 2 amide bonds. The molecular formula is C24H29N5O5S2. The number of thiazole rings is 1. The van der Waals surface area contributed by atoms with Crippen LogP contribution in [0.3, 0.4) is 0 Å². The number of hydrogen-bond donors (Lipinski definition) is 2. The Morgan fingerprint density at radius 2 is 1.97 bits per heavy atom. The lowest BCUT2D eigenvalue weighted by Gasteiger charge is -2.36. The molecule has 2 fully saturated rings. The zero-order valence-electron chi connectivity index (χ0n) is 20.1. The van der Waals surface area contributed by atoms with Crippen LogP contribution in [0.4, 0.5) is 0 Å². The first-order chi connectivity index (χ1) is 17.1. The maximum atomic E-state index is 13.5. The lowest BCUT2D eigenvalue weighted by Crippen LogP contribution is -2.55. The highest BCUT2D eigenvalue weighted by molar-refractivity contribution is 7.88. The number of hydrogen-bond acceptors (Lipinski definition) is 8. The van der Waals surface area contributed by atoms with Crippen molar-refractivity contribution in [3.63, 3.8) is 0 Å². The highest BCUT2D eigenvalue weighted by Crippen LogP contribution is 2.32. The second-order valence-corrected chi connectivity index (χ2v) is 12.4. The van der Waals surface area contributed by atoms with Crippen LogP contribution < -0.4 is 5.32 Å². The molecule has 2 saturated heterocycles. The third kappa shape index (κ3) is 4.70. The molecule has 0 saturated carbocycles. The number of amidine groups is 1. The normalized spacial score (nSPS) is 27.2. The van der Waals surface area contributed by atoms with Crippen molar-refractivity contribution >= 4 is 39.0 Å². The van der Waals surface area contributed by atoms with Gasteiger partial charge in [0, 0.05) is 19.5 Å². The van der Waals surface area contributed by atoms with E-state index >= 15 is 0 Å². The summed E-state index contributed by atoms with van der Waals surface area (Å²) in [6, 6.07) is 5.42. The van der Waals surface area contributed by atoms with Gasteiger partial charge in [0.25, 0.3) is 5.91 Å². The second kappa shape index (κ2) is 9.66. The van der Waals surface area contributed by atoms with Gasteiger partial charge in [-0.3, -0.25) is 14.6 Å². The van der Waals surface area contributed by atoms with Crippen LogP contribution in [0.1, 0.15) is 43.0 Å². The number of β-amino-alcohol motifs (C(OH)–C–C–N with tert-alkyl or cyclic N) is 1. The Hall–Kier alpha value is -2.67. The average molecular weight is 532 g/mol. The first-order valence-corrected chi connectivity index (χ1v) is 14.7. The molecular weight excluding hydrogens is 502 g/mol. The summed E-state index contributed by atoms with van der Waals surface area (Å²) in [4.78, 5) is 37.8. The quantitative estimate of drug-likeness (QED) is 0.601. The lowest BCUT2D eigenvalue weighted by molar-refractivity contribution is -0.136. The fraction of sp³-hybridized carbons (Fsp3) is 0.500. The van der Waals surface area contributed by atoms with Crippen LogP contribution in [0, 0.1) is 6.92 Å². The fourth-order valence-electron chi connectivity index (χ4n) is 5.27. The minimum absolute atomic E-state index is 0.0695. The molecule has 3 aliphatic rings. The van der Waals surface area contributed by atoms with Gasteiger partial charge in [0.05, 0.1) is 34.5 Å². The lowest BCUT2D eigenvalue weighted by atomic mass is 10.0. The van der Waals surface area contributed by atoms with Crippen molar-refractivity contribution in [2.45, 2.75) is 56.8 Å². The first-order valence-electron chi connectivity index (χ1n) is 12.0. The number of aliphatic hydroxyl groups is 1. The third-order valence-electron chi connectivity index (χ3n) is 7.04. The molecule has 3 aliphatic heterocycles. The summed E-state index contributed by atoms with van der Waals surface area (Å²) in [6.45, 7) is 2.32. The van der Waals surface area contributed by atoms with Crippen molar-refractivity contribution in [1.82, 2.24) is 19.5 Å². The SMILES string of the molecule is Cc1ncsc1-c1ccc(C2N=C([C@@H]3C[C@@H](O)CN3C(=O)[C@@H]3CCCCN3S(C)(=O)=O)NC2=O)cc1. The van der Waals surface area contributed by atoms with E-state index in [4.69, 9.17) is 0 Å². The van der Waals surface area contributed by atoms with E-state index in [1.54, 1.807) is 16.8 Å². The van der Waals surface area contributed by atoms with E-state index < -0.39 is 34.3 Å². The van der Waals surface area contributed by atoms with Crippen LogP contribution in [0.15, 0.2) is 34.8 Å². The van der Waals surface area contributed by atoms with Crippen molar-refractivity contribution in [1.29, 1.82) is 0 Å². The van der Waals surface area contributed by atoms with E-state index in [2.05, 4.69) is 15.3 Å². The van der Waals surface area contributed by atoms with Crippen molar-refractivity contribution < 1.29 is 23.1 Å². The number of aromatic nitrogens is 1. The number of amides is 2. The van der Waals surface area contributed by atoms with Crippen LogP contribution >= 0.6 is 11.3 Å². The number of piperidine rings is 1. The fourth-order valence-corrected chi connectivity index (χ4v) is 7.20. The summed E-state index contributed by atoms with van der Waals surface area (Å²) in [5, 5.41) is 13.2. The standard InChI is InChI=1S/C24H29N5O5S2/c1-14-21(35-13-25-14)16-8-6-15(7-9-16)20-23(31)27-22(26-20)19-11-17(30)12-28(19)24(32)18-5-3-4-10-29(18)36(2,33)34/h6-9,13,17-20,30H,3-5,10-12H2,1-2H3,(H,26,27,31)/t17-,18+,19+,20?/m1/s1. The van der Waals surface area contributed by atoms with Gasteiger partial charge in [0.1, 0.15) is 11.9 Å². The molecule has 2 N–H and O–H groups in total. The van der Waals surface area contributed by atoms with E-state index in [0.717, 1.165) is 34.4 Å². The molecule has 10 nitrogen and oxygen atoms in total. The highest BCUT2D eigenvalue weighted by atomic mass is 32.2. The maximum absolute atomic E-state index is 13.5. The van der Waals surface area contributed by atoms with Crippen molar-refractivity contribution in [2.75, 3.05) is 19.3 Å². The van der Waals surface area contributed by atoms with Crippen LogP contribution in [0.2, 0.25) is 0 Å². The number of nitrogens with one attached hydrogen (secondary N) is 1. The number of likely N-dealkylation sites (tertiary alicyclic amines) is 1. The molecule has 0 bridgehead atoms. The molecule has 1 aromatic carbocycles.